The van der Waals surface area contributed by atoms with Crippen molar-refractivity contribution in [3.05, 3.63) is 11.9 Å². The molecule has 1 aliphatic heterocycles. The van der Waals surface area contributed by atoms with E-state index in [0.29, 0.717) is 18.5 Å². The highest BCUT2D eigenvalue weighted by molar-refractivity contribution is 5.50. The van der Waals surface area contributed by atoms with E-state index in [-0.39, 0.29) is 0 Å². The van der Waals surface area contributed by atoms with E-state index in [1.807, 2.05) is 6.92 Å². The van der Waals surface area contributed by atoms with Crippen LogP contribution in [0.5, 0.6) is 5.88 Å². The smallest absolute Gasteiger partial charge is 0.221 e. The van der Waals surface area contributed by atoms with E-state index in [2.05, 4.69) is 14.9 Å². The van der Waals surface area contributed by atoms with Gasteiger partial charge in [-0.05, 0) is 32.7 Å². The van der Waals surface area contributed by atoms with Crippen molar-refractivity contribution in [3.8, 4) is 5.88 Å². The summed E-state index contributed by atoms with van der Waals surface area (Å²) >= 11 is 0. The second-order valence-corrected chi connectivity index (χ2v) is 5.03. The number of nitrogens with zero attached hydrogens (tertiary/aromatic N) is 3. The molecule has 1 saturated heterocycles. The minimum Gasteiger partial charge on any atom is -0.481 e. The first-order chi connectivity index (χ1) is 9.76. The summed E-state index contributed by atoms with van der Waals surface area (Å²) in [6.07, 6.45) is 4.89. The first-order valence-electron chi connectivity index (χ1n) is 7.18. The molecule has 0 spiro atoms. The van der Waals surface area contributed by atoms with Crippen LogP contribution in [-0.2, 0) is 4.74 Å². The Bertz CT molecular complexity index is 420. The quantitative estimate of drug-likeness (QED) is 0.787. The lowest BCUT2D eigenvalue weighted by Crippen LogP contribution is -2.38. The van der Waals surface area contributed by atoms with Gasteiger partial charge in [0.2, 0.25) is 5.88 Å². The van der Waals surface area contributed by atoms with E-state index in [1.54, 1.807) is 13.4 Å². The van der Waals surface area contributed by atoms with Crippen LogP contribution >= 0.6 is 0 Å². The fourth-order valence-electron chi connectivity index (χ4n) is 2.52. The average Bonchev–Trinajstić information content (AvgIpc) is 2.49. The number of piperidine rings is 1. The predicted octanol–water partition coefficient (Wildman–Crippen LogP) is 1.13. The first-order valence-corrected chi connectivity index (χ1v) is 7.18. The average molecular weight is 280 g/mol. The van der Waals surface area contributed by atoms with Gasteiger partial charge < -0.3 is 20.1 Å². The molecule has 0 radical (unpaired) electrons. The van der Waals surface area contributed by atoms with Gasteiger partial charge in [-0.2, -0.15) is 0 Å². The maximum atomic E-state index is 5.82. The molecule has 6 nitrogen and oxygen atoms in total. The molecular weight excluding hydrogens is 256 g/mol. The molecule has 1 aliphatic rings. The summed E-state index contributed by atoms with van der Waals surface area (Å²) in [6, 6.07) is 0. The Morgan fingerprint density at radius 3 is 2.75 bits per heavy atom. The van der Waals surface area contributed by atoms with Gasteiger partial charge in [-0.15, -0.1) is 0 Å². The lowest BCUT2D eigenvalue weighted by atomic mass is 10.1. The van der Waals surface area contributed by atoms with Gasteiger partial charge in [0.05, 0.1) is 18.8 Å². The predicted molar refractivity (Wildman–Crippen MR) is 78.2 cm³/mol. The van der Waals surface area contributed by atoms with Gasteiger partial charge in [-0.25, -0.2) is 9.97 Å². The van der Waals surface area contributed by atoms with E-state index in [0.717, 1.165) is 50.3 Å². The Kier molecular flexibility index (Phi) is 5.55. The molecule has 0 aromatic carbocycles. The molecule has 0 aliphatic carbocycles. The van der Waals surface area contributed by atoms with Crippen LogP contribution in [0.1, 0.15) is 24.8 Å². The third-order valence-corrected chi connectivity index (χ3v) is 3.65. The van der Waals surface area contributed by atoms with Gasteiger partial charge in [0, 0.05) is 19.7 Å². The zero-order chi connectivity index (χ0) is 14.4. The van der Waals surface area contributed by atoms with Gasteiger partial charge in [-0.3, -0.25) is 0 Å². The summed E-state index contributed by atoms with van der Waals surface area (Å²) in [5.41, 5.74) is 6.47. The molecular formula is C14H24N4O2. The van der Waals surface area contributed by atoms with Crippen molar-refractivity contribution in [2.45, 2.75) is 32.3 Å². The maximum absolute atomic E-state index is 5.82. The van der Waals surface area contributed by atoms with E-state index in [9.17, 15) is 0 Å². The summed E-state index contributed by atoms with van der Waals surface area (Å²) in [5, 5.41) is 0. The number of rotatable bonds is 6. The molecule has 2 N–H and O–H groups in total. The summed E-state index contributed by atoms with van der Waals surface area (Å²) in [7, 11) is 1.64. The Balaban J connectivity index is 1.90. The molecule has 6 heteroatoms. The van der Waals surface area contributed by atoms with Crippen LogP contribution in [0.3, 0.4) is 0 Å². The highest BCUT2D eigenvalue weighted by atomic mass is 16.5. The summed E-state index contributed by atoms with van der Waals surface area (Å²) in [5.74, 6) is 1.62. The normalized spacial score (nSPS) is 16.4. The molecule has 2 rings (SSSR count). The minimum absolute atomic E-state index is 0.349. The van der Waals surface area contributed by atoms with Crippen molar-refractivity contribution < 1.29 is 9.47 Å². The van der Waals surface area contributed by atoms with Crippen molar-refractivity contribution in [2.24, 2.45) is 5.73 Å². The molecule has 0 unspecified atom stereocenters. The summed E-state index contributed by atoms with van der Waals surface area (Å²) < 4.78 is 11.1. The standard InChI is InChI=1S/C14H24N4O2/c1-11-13(16-10-17-14(11)19-2)18-7-4-12(5-8-18)20-9-3-6-15/h10,12H,3-9,15H2,1-2H3. The van der Waals surface area contributed by atoms with Crippen LogP contribution in [0.2, 0.25) is 0 Å². The van der Waals surface area contributed by atoms with Gasteiger partial charge in [-0.1, -0.05) is 0 Å². The second kappa shape index (κ2) is 7.40. The van der Waals surface area contributed by atoms with Crippen LogP contribution in [0.15, 0.2) is 6.33 Å². The molecule has 0 saturated carbocycles. The molecule has 0 amide bonds. The molecule has 2 heterocycles. The van der Waals surface area contributed by atoms with Crippen molar-refractivity contribution in [2.75, 3.05) is 38.3 Å². The highest BCUT2D eigenvalue weighted by Crippen LogP contribution is 2.26. The van der Waals surface area contributed by atoms with Gasteiger partial charge >= 0.3 is 0 Å². The van der Waals surface area contributed by atoms with Gasteiger partial charge in [0.1, 0.15) is 12.1 Å². The van der Waals surface area contributed by atoms with Crippen LogP contribution < -0.4 is 15.4 Å². The van der Waals surface area contributed by atoms with E-state index in [4.69, 9.17) is 15.2 Å². The second-order valence-electron chi connectivity index (χ2n) is 5.03. The van der Waals surface area contributed by atoms with E-state index in [1.165, 1.54) is 0 Å². The molecule has 0 bridgehead atoms. The fraction of sp³-hybridized carbons (Fsp3) is 0.714. The van der Waals surface area contributed by atoms with Crippen LogP contribution in [-0.4, -0.2) is 49.4 Å². The molecule has 20 heavy (non-hydrogen) atoms. The highest BCUT2D eigenvalue weighted by Gasteiger charge is 2.22. The lowest BCUT2D eigenvalue weighted by molar-refractivity contribution is 0.0365. The monoisotopic (exact) mass is 280 g/mol. The zero-order valence-electron chi connectivity index (χ0n) is 12.3. The number of methoxy groups -OCH3 is 1. The number of anilines is 1. The van der Waals surface area contributed by atoms with E-state index < -0.39 is 0 Å². The van der Waals surface area contributed by atoms with Crippen molar-refractivity contribution >= 4 is 5.82 Å². The summed E-state index contributed by atoms with van der Waals surface area (Å²) in [6.45, 7) is 5.36. The maximum Gasteiger partial charge on any atom is 0.221 e. The Hall–Kier alpha value is -1.40. The largest absolute Gasteiger partial charge is 0.481 e. The number of hydrogen-bond donors (Lipinski definition) is 1. The lowest BCUT2D eigenvalue weighted by Gasteiger charge is -2.33. The van der Waals surface area contributed by atoms with Crippen LogP contribution in [0.25, 0.3) is 0 Å². The van der Waals surface area contributed by atoms with Gasteiger partial charge in [0.15, 0.2) is 0 Å². The number of aromatic nitrogens is 2. The Morgan fingerprint density at radius 2 is 2.10 bits per heavy atom. The topological polar surface area (TPSA) is 73.5 Å². The number of ether oxygens (including phenoxy) is 2. The van der Waals surface area contributed by atoms with Crippen LogP contribution in [0, 0.1) is 6.92 Å². The minimum atomic E-state index is 0.349. The molecule has 1 aromatic rings. The van der Waals surface area contributed by atoms with Crippen molar-refractivity contribution in [1.29, 1.82) is 0 Å². The molecule has 112 valence electrons. The molecule has 1 aromatic heterocycles. The molecule has 1 fully saturated rings. The zero-order valence-corrected chi connectivity index (χ0v) is 12.3. The van der Waals surface area contributed by atoms with Crippen LogP contribution in [0.4, 0.5) is 5.82 Å². The first kappa shape index (κ1) is 15.0. The Morgan fingerprint density at radius 1 is 1.35 bits per heavy atom. The summed E-state index contributed by atoms with van der Waals surface area (Å²) in [4.78, 5) is 10.8. The van der Waals surface area contributed by atoms with E-state index >= 15 is 0 Å². The fourth-order valence-corrected chi connectivity index (χ4v) is 2.52. The third-order valence-electron chi connectivity index (χ3n) is 3.65. The van der Waals surface area contributed by atoms with Crippen molar-refractivity contribution in [1.82, 2.24) is 9.97 Å². The number of nitrogens with two attached hydrogens (primary N) is 1. The molecule has 0 atom stereocenters. The number of hydrogen-bond acceptors (Lipinski definition) is 6. The van der Waals surface area contributed by atoms with Gasteiger partial charge in [0.25, 0.3) is 0 Å². The van der Waals surface area contributed by atoms with Crippen molar-refractivity contribution in [3.63, 3.8) is 0 Å². The Labute approximate surface area is 120 Å². The SMILES string of the molecule is COc1ncnc(N2CCC(OCCCN)CC2)c1C. The third kappa shape index (κ3) is 3.58.